The van der Waals surface area contributed by atoms with Gasteiger partial charge in [0.15, 0.2) is 0 Å². The van der Waals surface area contributed by atoms with E-state index in [0.29, 0.717) is 32.4 Å². The number of nitrogens with one attached hydrogen (secondary N) is 1. The molecule has 0 unspecified atom stereocenters. The van der Waals surface area contributed by atoms with E-state index in [2.05, 4.69) is 20.3 Å². The number of rotatable bonds is 10. The maximum absolute atomic E-state index is 5.41. The topological polar surface area (TPSA) is 78.4 Å². The van der Waals surface area contributed by atoms with Gasteiger partial charge in [-0.15, -0.1) is 4.98 Å². The Morgan fingerprint density at radius 2 is 1.58 bits per heavy atom. The van der Waals surface area contributed by atoms with Crippen molar-refractivity contribution in [3.05, 3.63) is 0 Å². The van der Waals surface area contributed by atoms with E-state index in [4.69, 9.17) is 14.2 Å². The van der Waals surface area contributed by atoms with Crippen LogP contribution in [0, 0.1) is 0 Å². The number of anilines is 1. The summed E-state index contributed by atoms with van der Waals surface area (Å²) >= 11 is 0. The molecule has 0 aliphatic rings. The quantitative estimate of drug-likeness (QED) is 0.645. The Morgan fingerprint density at radius 3 is 2.16 bits per heavy atom. The highest BCUT2D eigenvalue weighted by Gasteiger charge is 2.08. The molecule has 0 saturated carbocycles. The van der Waals surface area contributed by atoms with Crippen molar-refractivity contribution >= 4 is 5.95 Å². The minimum Gasteiger partial charge on any atom is -0.463 e. The molecule has 0 saturated heterocycles. The van der Waals surface area contributed by atoms with Crippen molar-refractivity contribution in [3.63, 3.8) is 0 Å². The van der Waals surface area contributed by atoms with Crippen molar-refractivity contribution in [2.24, 2.45) is 0 Å². The number of ether oxygens (including phenoxy) is 3. The van der Waals surface area contributed by atoms with Gasteiger partial charge in [-0.3, -0.25) is 0 Å². The summed E-state index contributed by atoms with van der Waals surface area (Å²) in [5.74, 6) is 0.454. The zero-order valence-electron chi connectivity index (χ0n) is 11.8. The lowest BCUT2D eigenvalue weighted by Crippen LogP contribution is -2.12. The molecule has 0 spiro atoms. The Morgan fingerprint density at radius 1 is 0.895 bits per heavy atom. The molecule has 0 amide bonds. The third-order valence-corrected chi connectivity index (χ3v) is 2.03. The monoisotopic (exact) mass is 270 g/mol. The number of hydrogen-bond acceptors (Lipinski definition) is 7. The highest BCUT2D eigenvalue weighted by atomic mass is 16.5. The zero-order valence-corrected chi connectivity index (χ0v) is 11.8. The fourth-order valence-electron chi connectivity index (χ4n) is 1.23. The van der Waals surface area contributed by atoms with Gasteiger partial charge in [0.1, 0.15) is 6.61 Å². The molecule has 7 heteroatoms. The first-order valence-corrected chi connectivity index (χ1v) is 6.63. The van der Waals surface area contributed by atoms with Gasteiger partial charge in [-0.25, -0.2) is 0 Å². The molecular formula is C12H22N4O3. The minimum absolute atomic E-state index is 0.247. The summed E-state index contributed by atoms with van der Waals surface area (Å²) in [4.78, 5) is 12.4. The fourth-order valence-corrected chi connectivity index (χ4v) is 1.23. The summed E-state index contributed by atoms with van der Waals surface area (Å²) in [6.07, 6.45) is 0.892. The second kappa shape index (κ2) is 9.32. The molecule has 0 bridgehead atoms. The van der Waals surface area contributed by atoms with Crippen LogP contribution in [-0.2, 0) is 4.74 Å². The average molecular weight is 270 g/mol. The number of aromatic nitrogens is 3. The van der Waals surface area contributed by atoms with Crippen LogP contribution in [0.5, 0.6) is 12.0 Å². The van der Waals surface area contributed by atoms with E-state index in [1.165, 1.54) is 0 Å². The van der Waals surface area contributed by atoms with E-state index in [1.807, 2.05) is 20.8 Å². The van der Waals surface area contributed by atoms with E-state index in [-0.39, 0.29) is 12.0 Å². The third kappa shape index (κ3) is 6.19. The highest BCUT2D eigenvalue weighted by molar-refractivity contribution is 5.27. The zero-order chi connectivity index (χ0) is 13.9. The van der Waals surface area contributed by atoms with E-state index < -0.39 is 0 Å². The van der Waals surface area contributed by atoms with Crippen molar-refractivity contribution in [3.8, 4) is 12.0 Å². The van der Waals surface area contributed by atoms with Crippen molar-refractivity contribution in [1.82, 2.24) is 15.0 Å². The summed E-state index contributed by atoms with van der Waals surface area (Å²) in [5, 5.41) is 3.01. The van der Waals surface area contributed by atoms with Gasteiger partial charge in [0.2, 0.25) is 5.95 Å². The summed E-state index contributed by atoms with van der Waals surface area (Å²) in [6.45, 7) is 8.76. The van der Waals surface area contributed by atoms with Gasteiger partial charge < -0.3 is 19.5 Å². The van der Waals surface area contributed by atoms with Gasteiger partial charge in [0.25, 0.3) is 0 Å². The average Bonchev–Trinajstić information content (AvgIpc) is 2.42. The standard InChI is InChI=1S/C12H22N4O3/c1-4-7-18-11-14-10(13-5-2)15-12(16-11)19-9-8-17-6-3/h4-9H2,1-3H3,(H,13,14,15,16). The second-order valence-electron chi connectivity index (χ2n) is 3.65. The van der Waals surface area contributed by atoms with Crippen LogP contribution in [-0.4, -0.2) is 47.9 Å². The van der Waals surface area contributed by atoms with E-state index in [0.717, 1.165) is 13.0 Å². The Bertz CT molecular complexity index is 363. The molecule has 7 nitrogen and oxygen atoms in total. The van der Waals surface area contributed by atoms with E-state index in [1.54, 1.807) is 0 Å². The van der Waals surface area contributed by atoms with Crippen LogP contribution in [0.15, 0.2) is 0 Å². The van der Waals surface area contributed by atoms with Crippen LogP contribution >= 0.6 is 0 Å². The van der Waals surface area contributed by atoms with Crippen molar-refractivity contribution in [2.75, 3.05) is 38.3 Å². The van der Waals surface area contributed by atoms with Crippen molar-refractivity contribution < 1.29 is 14.2 Å². The maximum Gasteiger partial charge on any atom is 0.324 e. The lowest BCUT2D eigenvalue weighted by molar-refractivity contribution is 0.105. The predicted octanol–water partition coefficient (Wildman–Crippen LogP) is 1.51. The van der Waals surface area contributed by atoms with Gasteiger partial charge in [0.05, 0.1) is 13.2 Å². The first kappa shape index (κ1) is 15.4. The van der Waals surface area contributed by atoms with Gasteiger partial charge in [-0.1, -0.05) is 6.92 Å². The first-order chi connectivity index (χ1) is 9.30. The molecule has 0 aromatic carbocycles. The maximum atomic E-state index is 5.41. The van der Waals surface area contributed by atoms with Crippen LogP contribution in [0.25, 0.3) is 0 Å². The van der Waals surface area contributed by atoms with Crippen LogP contribution in [0.3, 0.4) is 0 Å². The number of nitrogens with zero attached hydrogens (tertiary/aromatic N) is 3. The molecule has 108 valence electrons. The smallest absolute Gasteiger partial charge is 0.324 e. The molecule has 1 rings (SSSR count). The molecule has 1 aromatic heterocycles. The molecule has 1 N–H and O–H groups in total. The van der Waals surface area contributed by atoms with Gasteiger partial charge >= 0.3 is 12.0 Å². The van der Waals surface area contributed by atoms with Crippen LogP contribution in [0.4, 0.5) is 5.95 Å². The summed E-state index contributed by atoms with van der Waals surface area (Å²) in [5.41, 5.74) is 0. The molecular weight excluding hydrogens is 248 g/mol. The lowest BCUT2D eigenvalue weighted by Gasteiger charge is -2.09. The Labute approximate surface area is 113 Å². The molecule has 0 aliphatic heterocycles. The second-order valence-corrected chi connectivity index (χ2v) is 3.65. The molecule has 0 aliphatic carbocycles. The third-order valence-electron chi connectivity index (χ3n) is 2.03. The Hall–Kier alpha value is -1.63. The Kier molecular flexibility index (Phi) is 7.57. The van der Waals surface area contributed by atoms with Gasteiger partial charge in [-0.2, -0.15) is 9.97 Å². The van der Waals surface area contributed by atoms with Crippen LogP contribution in [0.1, 0.15) is 27.2 Å². The van der Waals surface area contributed by atoms with E-state index >= 15 is 0 Å². The molecule has 0 atom stereocenters. The molecule has 19 heavy (non-hydrogen) atoms. The van der Waals surface area contributed by atoms with Gasteiger partial charge in [0, 0.05) is 13.2 Å². The summed E-state index contributed by atoms with van der Waals surface area (Å²) < 4.78 is 16.0. The largest absolute Gasteiger partial charge is 0.463 e. The first-order valence-electron chi connectivity index (χ1n) is 6.63. The van der Waals surface area contributed by atoms with Gasteiger partial charge in [-0.05, 0) is 20.3 Å². The molecule has 0 radical (unpaired) electrons. The Balaban J connectivity index is 2.63. The highest BCUT2D eigenvalue weighted by Crippen LogP contribution is 2.13. The molecule has 0 fully saturated rings. The minimum atomic E-state index is 0.247. The lowest BCUT2D eigenvalue weighted by atomic mass is 10.5. The summed E-state index contributed by atoms with van der Waals surface area (Å²) in [7, 11) is 0. The predicted molar refractivity (Wildman–Crippen MR) is 71.8 cm³/mol. The summed E-state index contributed by atoms with van der Waals surface area (Å²) in [6, 6.07) is 0.524. The molecule has 1 aromatic rings. The SMILES string of the molecule is CCCOc1nc(NCC)nc(OCCOCC)n1. The molecule has 1 heterocycles. The van der Waals surface area contributed by atoms with Crippen molar-refractivity contribution in [1.29, 1.82) is 0 Å². The normalized spacial score (nSPS) is 10.3. The van der Waals surface area contributed by atoms with E-state index in [9.17, 15) is 0 Å². The fraction of sp³-hybridized carbons (Fsp3) is 0.750. The van der Waals surface area contributed by atoms with Crippen LogP contribution < -0.4 is 14.8 Å². The van der Waals surface area contributed by atoms with Crippen LogP contribution in [0.2, 0.25) is 0 Å². The van der Waals surface area contributed by atoms with Crippen molar-refractivity contribution in [2.45, 2.75) is 27.2 Å². The number of hydrogen-bond donors (Lipinski definition) is 1.